The molecule has 3 rings (SSSR count). The summed E-state index contributed by atoms with van der Waals surface area (Å²) in [6.07, 6.45) is 0. The van der Waals surface area contributed by atoms with Crippen LogP contribution in [0.3, 0.4) is 0 Å². The number of carbonyl (C=O) groups is 1. The summed E-state index contributed by atoms with van der Waals surface area (Å²) in [6.45, 7) is -0.194. The molecular weight excluding hydrogens is 304 g/mol. The molecule has 0 aliphatic heterocycles. The van der Waals surface area contributed by atoms with Gasteiger partial charge in [-0.15, -0.1) is 5.10 Å². The third-order valence-electron chi connectivity index (χ3n) is 3.00. The van der Waals surface area contributed by atoms with Crippen LogP contribution in [0.4, 0.5) is 5.13 Å². The van der Waals surface area contributed by atoms with Crippen molar-refractivity contribution in [3.05, 3.63) is 46.8 Å². The minimum absolute atomic E-state index is 0.194. The number of anilines is 1. The Morgan fingerprint density at radius 3 is 2.77 bits per heavy atom. The minimum atomic E-state index is -0.966. The summed E-state index contributed by atoms with van der Waals surface area (Å²) in [5.74, 6) is -0.966. The van der Waals surface area contributed by atoms with E-state index in [1.807, 2.05) is 30.3 Å². The molecule has 1 aromatic carbocycles. The predicted octanol–water partition coefficient (Wildman–Crippen LogP) is 1.34. The van der Waals surface area contributed by atoms with Crippen molar-refractivity contribution >= 4 is 27.4 Å². The summed E-state index contributed by atoms with van der Waals surface area (Å²) < 4.78 is 1.19. The van der Waals surface area contributed by atoms with Gasteiger partial charge in [-0.05, 0) is 0 Å². The van der Waals surface area contributed by atoms with Crippen LogP contribution in [-0.2, 0) is 4.79 Å². The van der Waals surface area contributed by atoms with E-state index in [0.29, 0.717) is 15.8 Å². The molecule has 3 aromatic rings. The van der Waals surface area contributed by atoms with Crippen molar-refractivity contribution in [1.29, 1.82) is 0 Å². The van der Waals surface area contributed by atoms with E-state index in [-0.39, 0.29) is 12.1 Å². The Kier molecular flexibility index (Phi) is 3.60. The molecule has 22 heavy (non-hydrogen) atoms. The molecule has 0 fully saturated rings. The number of hydrogen-bond acceptors (Lipinski definition) is 6. The molecule has 0 aliphatic carbocycles. The van der Waals surface area contributed by atoms with Gasteiger partial charge in [-0.3, -0.25) is 9.59 Å². The molecule has 1 N–H and O–H groups in total. The Morgan fingerprint density at radius 2 is 2.09 bits per heavy atom. The van der Waals surface area contributed by atoms with Crippen molar-refractivity contribution in [2.75, 3.05) is 18.5 Å². The van der Waals surface area contributed by atoms with E-state index in [2.05, 4.69) is 10.1 Å². The van der Waals surface area contributed by atoms with Crippen LogP contribution in [0.15, 0.2) is 41.2 Å². The summed E-state index contributed by atoms with van der Waals surface area (Å²) in [5, 5.41) is 13.4. The Labute approximate surface area is 129 Å². The lowest BCUT2D eigenvalue weighted by Crippen LogP contribution is -2.25. The fourth-order valence-corrected chi connectivity index (χ4v) is 2.85. The number of nitrogens with zero attached hydrogens (tertiary/aromatic N) is 4. The third kappa shape index (κ3) is 2.68. The topological polar surface area (TPSA) is 87.8 Å². The van der Waals surface area contributed by atoms with Gasteiger partial charge in [0.25, 0.3) is 5.56 Å². The number of fused-ring (bicyclic) bond motifs is 1. The van der Waals surface area contributed by atoms with Gasteiger partial charge in [-0.25, -0.2) is 4.98 Å². The molecule has 112 valence electrons. The van der Waals surface area contributed by atoms with E-state index in [1.165, 1.54) is 26.8 Å². The van der Waals surface area contributed by atoms with Gasteiger partial charge in [0.2, 0.25) is 10.1 Å². The number of aromatic nitrogens is 3. The molecule has 0 saturated carbocycles. The SMILES string of the molecule is CN(CC(=O)O)c1nn2c(=O)cc(-c3ccccc3)nc2s1. The zero-order chi connectivity index (χ0) is 15.7. The zero-order valence-electron chi connectivity index (χ0n) is 11.6. The van der Waals surface area contributed by atoms with Crippen LogP contribution < -0.4 is 10.5 Å². The maximum atomic E-state index is 12.2. The van der Waals surface area contributed by atoms with Crippen LogP contribution in [0, 0.1) is 0 Å². The first kappa shape index (κ1) is 14.2. The third-order valence-corrected chi connectivity index (χ3v) is 4.03. The molecule has 0 saturated heterocycles. The number of carboxylic acid groups (broad SMARTS) is 1. The van der Waals surface area contributed by atoms with E-state index in [9.17, 15) is 9.59 Å². The molecule has 0 atom stereocenters. The lowest BCUT2D eigenvalue weighted by atomic mass is 10.1. The van der Waals surface area contributed by atoms with Crippen LogP contribution >= 0.6 is 11.3 Å². The highest BCUT2D eigenvalue weighted by Gasteiger charge is 2.14. The monoisotopic (exact) mass is 316 g/mol. The Bertz CT molecular complexity index is 888. The van der Waals surface area contributed by atoms with Crippen LogP contribution in [-0.4, -0.2) is 39.3 Å². The predicted molar refractivity (Wildman–Crippen MR) is 83.5 cm³/mol. The molecular formula is C14H12N4O3S. The standard InChI is InChI=1S/C14H12N4O3S/c1-17(8-12(20)21)14-16-18-11(19)7-10(15-13(18)22-14)9-5-3-2-4-6-9/h2-7H,8H2,1H3,(H,20,21). The average Bonchev–Trinajstić information content (AvgIpc) is 2.92. The molecule has 0 spiro atoms. The fraction of sp³-hybridized carbons (Fsp3) is 0.143. The van der Waals surface area contributed by atoms with Gasteiger partial charge >= 0.3 is 5.97 Å². The molecule has 8 heteroatoms. The molecule has 0 amide bonds. The van der Waals surface area contributed by atoms with Gasteiger partial charge in [-0.1, -0.05) is 41.7 Å². The van der Waals surface area contributed by atoms with Crippen molar-refractivity contribution in [1.82, 2.24) is 14.6 Å². The number of aliphatic carboxylic acids is 1. The number of benzene rings is 1. The maximum Gasteiger partial charge on any atom is 0.323 e. The van der Waals surface area contributed by atoms with E-state index >= 15 is 0 Å². The summed E-state index contributed by atoms with van der Waals surface area (Å²) in [4.78, 5) is 29.2. The first-order valence-electron chi connectivity index (χ1n) is 6.44. The lowest BCUT2D eigenvalue weighted by Gasteiger charge is -2.10. The molecule has 0 bridgehead atoms. The van der Waals surface area contributed by atoms with Crippen molar-refractivity contribution in [3.8, 4) is 11.3 Å². The van der Waals surface area contributed by atoms with E-state index in [0.717, 1.165) is 5.56 Å². The Hall–Kier alpha value is -2.74. The maximum absolute atomic E-state index is 12.2. The summed E-state index contributed by atoms with van der Waals surface area (Å²) >= 11 is 1.17. The van der Waals surface area contributed by atoms with Crippen molar-refractivity contribution < 1.29 is 9.90 Å². The van der Waals surface area contributed by atoms with Gasteiger partial charge in [0, 0.05) is 18.7 Å². The average molecular weight is 316 g/mol. The van der Waals surface area contributed by atoms with Crippen molar-refractivity contribution in [2.45, 2.75) is 0 Å². The van der Waals surface area contributed by atoms with Gasteiger partial charge in [0.1, 0.15) is 6.54 Å². The summed E-state index contributed by atoms with van der Waals surface area (Å²) in [6, 6.07) is 10.8. The highest BCUT2D eigenvalue weighted by molar-refractivity contribution is 7.20. The Morgan fingerprint density at radius 1 is 1.36 bits per heavy atom. The Balaban J connectivity index is 2.07. The van der Waals surface area contributed by atoms with Crippen molar-refractivity contribution in [3.63, 3.8) is 0 Å². The summed E-state index contributed by atoms with van der Waals surface area (Å²) in [5.41, 5.74) is 1.12. The number of rotatable bonds is 4. The zero-order valence-corrected chi connectivity index (χ0v) is 12.4. The van der Waals surface area contributed by atoms with Gasteiger partial charge in [0.05, 0.1) is 5.69 Å². The first-order chi connectivity index (χ1) is 10.5. The largest absolute Gasteiger partial charge is 0.480 e. The lowest BCUT2D eigenvalue weighted by molar-refractivity contribution is -0.135. The van der Waals surface area contributed by atoms with Gasteiger partial charge in [0.15, 0.2) is 0 Å². The highest BCUT2D eigenvalue weighted by Crippen LogP contribution is 2.22. The quantitative estimate of drug-likeness (QED) is 0.781. The molecule has 0 unspecified atom stereocenters. The second-order valence-corrected chi connectivity index (χ2v) is 5.61. The fourth-order valence-electron chi connectivity index (χ4n) is 1.98. The second-order valence-electron chi connectivity index (χ2n) is 4.67. The number of carboxylic acids is 1. The minimum Gasteiger partial charge on any atom is -0.480 e. The van der Waals surface area contributed by atoms with E-state index in [1.54, 1.807) is 7.05 Å². The molecule has 0 aliphatic rings. The van der Waals surface area contributed by atoms with Crippen molar-refractivity contribution in [2.24, 2.45) is 0 Å². The first-order valence-corrected chi connectivity index (χ1v) is 7.25. The van der Waals surface area contributed by atoms with E-state index < -0.39 is 5.97 Å². The molecule has 2 aromatic heterocycles. The smallest absolute Gasteiger partial charge is 0.323 e. The highest BCUT2D eigenvalue weighted by atomic mass is 32.1. The second kappa shape index (κ2) is 5.57. The normalized spacial score (nSPS) is 10.8. The van der Waals surface area contributed by atoms with Gasteiger partial charge in [-0.2, -0.15) is 4.52 Å². The van der Waals surface area contributed by atoms with Crippen LogP contribution in [0.25, 0.3) is 16.2 Å². The number of likely N-dealkylation sites (N-methyl/N-ethyl adjacent to an activating group) is 1. The van der Waals surface area contributed by atoms with Crippen LogP contribution in [0.1, 0.15) is 0 Å². The summed E-state index contributed by atoms with van der Waals surface area (Å²) in [7, 11) is 1.61. The van der Waals surface area contributed by atoms with Crippen LogP contribution in [0.5, 0.6) is 0 Å². The molecule has 7 nitrogen and oxygen atoms in total. The molecule has 2 heterocycles. The number of hydrogen-bond donors (Lipinski definition) is 1. The van der Waals surface area contributed by atoms with Gasteiger partial charge < -0.3 is 10.0 Å². The molecule has 0 radical (unpaired) electrons. The van der Waals surface area contributed by atoms with E-state index in [4.69, 9.17) is 5.11 Å². The van der Waals surface area contributed by atoms with Crippen LogP contribution in [0.2, 0.25) is 0 Å².